The lowest BCUT2D eigenvalue weighted by molar-refractivity contribution is -0.140. The van der Waals surface area contributed by atoms with Crippen LogP contribution in [0.4, 0.5) is 4.79 Å². The predicted molar refractivity (Wildman–Crippen MR) is 107 cm³/mol. The second kappa shape index (κ2) is 8.91. The summed E-state index contributed by atoms with van der Waals surface area (Å²) in [5, 5.41) is 2.87. The number of piperazine rings is 1. The average Bonchev–Trinajstić information content (AvgIpc) is 2.72. The molecule has 28 heavy (non-hydrogen) atoms. The molecule has 0 radical (unpaired) electrons. The Balaban J connectivity index is 1.42. The quantitative estimate of drug-likeness (QED) is 0.798. The van der Waals surface area contributed by atoms with Gasteiger partial charge in [0.15, 0.2) is 0 Å². The van der Waals surface area contributed by atoms with Crippen LogP contribution in [0.2, 0.25) is 0 Å². The van der Waals surface area contributed by atoms with Crippen molar-refractivity contribution >= 4 is 17.8 Å². The Labute approximate surface area is 166 Å². The minimum absolute atomic E-state index is 0.00231. The number of hydrogen-bond acceptors (Lipinski definition) is 3. The van der Waals surface area contributed by atoms with Crippen LogP contribution in [0.25, 0.3) is 0 Å². The molecule has 0 aliphatic carbocycles. The summed E-state index contributed by atoms with van der Waals surface area (Å²) in [7, 11) is 0. The van der Waals surface area contributed by atoms with Crippen molar-refractivity contribution in [2.75, 3.05) is 32.7 Å². The van der Waals surface area contributed by atoms with Gasteiger partial charge in [0.05, 0.1) is 0 Å². The fourth-order valence-corrected chi connectivity index (χ4v) is 3.86. The SMILES string of the molecule is C=CC(=O)N1CCN(C(=O)CCNC(=O)N2CCc3ccccc3C2)[C@@H](C)C1. The third-order valence-electron chi connectivity index (χ3n) is 5.47. The molecule has 1 atom stereocenters. The smallest absolute Gasteiger partial charge is 0.317 e. The van der Waals surface area contributed by atoms with E-state index in [4.69, 9.17) is 0 Å². The summed E-state index contributed by atoms with van der Waals surface area (Å²) in [6.45, 7) is 8.58. The van der Waals surface area contributed by atoms with Crippen LogP contribution in [0.5, 0.6) is 0 Å². The number of nitrogens with zero attached hydrogens (tertiary/aromatic N) is 3. The van der Waals surface area contributed by atoms with Crippen molar-refractivity contribution in [1.82, 2.24) is 20.0 Å². The average molecular weight is 384 g/mol. The highest BCUT2D eigenvalue weighted by molar-refractivity contribution is 5.87. The highest BCUT2D eigenvalue weighted by atomic mass is 16.2. The van der Waals surface area contributed by atoms with Crippen LogP contribution in [0.15, 0.2) is 36.9 Å². The Hall–Kier alpha value is -2.83. The summed E-state index contributed by atoms with van der Waals surface area (Å²) in [6, 6.07) is 8.00. The van der Waals surface area contributed by atoms with Crippen LogP contribution in [0.3, 0.4) is 0 Å². The van der Waals surface area contributed by atoms with E-state index in [0.29, 0.717) is 39.3 Å². The summed E-state index contributed by atoms with van der Waals surface area (Å²) in [5.41, 5.74) is 2.48. The van der Waals surface area contributed by atoms with Gasteiger partial charge < -0.3 is 20.0 Å². The Kier molecular flexibility index (Phi) is 6.34. The van der Waals surface area contributed by atoms with E-state index in [2.05, 4.69) is 24.0 Å². The molecule has 1 aromatic carbocycles. The van der Waals surface area contributed by atoms with Gasteiger partial charge in [-0.3, -0.25) is 9.59 Å². The number of carbonyl (C=O) groups excluding carboxylic acids is 3. The predicted octanol–water partition coefficient (Wildman–Crippen LogP) is 1.39. The number of carbonyl (C=O) groups is 3. The lowest BCUT2D eigenvalue weighted by Gasteiger charge is -2.39. The van der Waals surface area contributed by atoms with Gasteiger partial charge in [-0.05, 0) is 30.5 Å². The van der Waals surface area contributed by atoms with E-state index in [0.717, 1.165) is 6.42 Å². The molecule has 2 aliphatic rings. The van der Waals surface area contributed by atoms with Crippen molar-refractivity contribution in [3.63, 3.8) is 0 Å². The van der Waals surface area contributed by atoms with Crippen LogP contribution in [0, 0.1) is 0 Å². The number of benzene rings is 1. The third-order valence-corrected chi connectivity index (χ3v) is 5.47. The van der Waals surface area contributed by atoms with Gasteiger partial charge in [0.1, 0.15) is 0 Å². The number of nitrogens with one attached hydrogen (secondary N) is 1. The molecule has 1 saturated heterocycles. The molecule has 1 N–H and O–H groups in total. The summed E-state index contributed by atoms with van der Waals surface area (Å²) in [4.78, 5) is 41.9. The van der Waals surface area contributed by atoms with E-state index in [1.165, 1.54) is 17.2 Å². The van der Waals surface area contributed by atoms with E-state index in [-0.39, 0.29) is 30.3 Å². The zero-order chi connectivity index (χ0) is 20.1. The van der Waals surface area contributed by atoms with Gasteiger partial charge in [-0.25, -0.2) is 4.79 Å². The maximum Gasteiger partial charge on any atom is 0.317 e. The Morgan fingerprint density at radius 2 is 1.89 bits per heavy atom. The molecule has 4 amide bonds. The normalized spacial score (nSPS) is 19.0. The van der Waals surface area contributed by atoms with Crippen molar-refractivity contribution in [3.8, 4) is 0 Å². The summed E-state index contributed by atoms with van der Waals surface area (Å²) < 4.78 is 0. The van der Waals surface area contributed by atoms with E-state index in [1.54, 1.807) is 14.7 Å². The van der Waals surface area contributed by atoms with Crippen LogP contribution < -0.4 is 5.32 Å². The Morgan fingerprint density at radius 3 is 2.61 bits per heavy atom. The molecule has 2 heterocycles. The van der Waals surface area contributed by atoms with Gasteiger partial charge in [-0.2, -0.15) is 0 Å². The lowest BCUT2D eigenvalue weighted by atomic mass is 10.0. The fourth-order valence-electron chi connectivity index (χ4n) is 3.86. The molecule has 1 fully saturated rings. The number of fused-ring (bicyclic) bond motifs is 1. The fraction of sp³-hybridized carbons (Fsp3) is 0.476. The molecule has 0 spiro atoms. The van der Waals surface area contributed by atoms with Crippen molar-refractivity contribution in [3.05, 3.63) is 48.0 Å². The van der Waals surface area contributed by atoms with Crippen molar-refractivity contribution in [1.29, 1.82) is 0 Å². The van der Waals surface area contributed by atoms with E-state index >= 15 is 0 Å². The molecular formula is C21H28N4O3. The van der Waals surface area contributed by atoms with Gasteiger partial charge >= 0.3 is 6.03 Å². The van der Waals surface area contributed by atoms with Crippen LogP contribution in [-0.4, -0.2) is 71.3 Å². The molecule has 150 valence electrons. The molecule has 1 aromatic rings. The molecule has 0 saturated carbocycles. The highest BCUT2D eigenvalue weighted by Gasteiger charge is 2.28. The Morgan fingerprint density at radius 1 is 1.14 bits per heavy atom. The van der Waals surface area contributed by atoms with Crippen molar-refractivity contribution in [2.45, 2.75) is 32.4 Å². The van der Waals surface area contributed by atoms with Gasteiger partial charge in [-0.15, -0.1) is 0 Å². The van der Waals surface area contributed by atoms with Crippen molar-refractivity contribution in [2.24, 2.45) is 0 Å². The second-order valence-electron chi connectivity index (χ2n) is 7.35. The van der Waals surface area contributed by atoms with Crippen LogP contribution in [-0.2, 0) is 22.6 Å². The maximum atomic E-state index is 12.5. The van der Waals surface area contributed by atoms with Crippen molar-refractivity contribution < 1.29 is 14.4 Å². The highest BCUT2D eigenvalue weighted by Crippen LogP contribution is 2.18. The number of rotatable bonds is 4. The first-order valence-electron chi connectivity index (χ1n) is 9.80. The first kappa shape index (κ1) is 19.9. The molecular weight excluding hydrogens is 356 g/mol. The first-order valence-corrected chi connectivity index (χ1v) is 9.80. The third kappa shape index (κ3) is 4.52. The molecule has 7 heteroatoms. The summed E-state index contributed by atoms with van der Waals surface area (Å²) >= 11 is 0. The summed E-state index contributed by atoms with van der Waals surface area (Å²) in [5.74, 6) is -0.100. The van der Waals surface area contributed by atoms with Gasteiger partial charge in [0.2, 0.25) is 11.8 Å². The first-order chi connectivity index (χ1) is 13.5. The van der Waals surface area contributed by atoms with Gasteiger partial charge in [-0.1, -0.05) is 30.8 Å². The zero-order valence-electron chi connectivity index (χ0n) is 16.4. The Bertz CT molecular complexity index is 764. The molecule has 0 aromatic heterocycles. The monoisotopic (exact) mass is 384 g/mol. The van der Waals surface area contributed by atoms with E-state index < -0.39 is 0 Å². The minimum Gasteiger partial charge on any atom is -0.337 e. The van der Waals surface area contributed by atoms with Crippen LogP contribution in [0.1, 0.15) is 24.5 Å². The van der Waals surface area contributed by atoms with E-state index in [9.17, 15) is 14.4 Å². The molecule has 0 bridgehead atoms. The standard InChI is InChI=1S/C21H28N4O3/c1-3-19(26)23-12-13-25(16(2)14-23)20(27)8-10-22-21(28)24-11-9-17-6-4-5-7-18(17)15-24/h3-7,16H,1,8-15H2,2H3,(H,22,28)/t16-/m0/s1. The second-order valence-corrected chi connectivity index (χ2v) is 7.35. The molecule has 2 aliphatic heterocycles. The van der Waals surface area contributed by atoms with Gasteiger partial charge in [0, 0.05) is 51.7 Å². The minimum atomic E-state index is -0.128. The number of amides is 4. The van der Waals surface area contributed by atoms with Gasteiger partial charge in [0.25, 0.3) is 0 Å². The number of urea groups is 1. The molecule has 7 nitrogen and oxygen atoms in total. The largest absolute Gasteiger partial charge is 0.337 e. The zero-order valence-corrected chi connectivity index (χ0v) is 16.4. The molecule has 3 rings (SSSR count). The maximum absolute atomic E-state index is 12.5. The summed E-state index contributed by atoms with van der Waals surface area (Å²) in [6.07, 6.45) is 2.42. The molecule has 0 unspecified atom stereocenters. The topological polar surface area (TPSA) is 73.0 Å². The number of hydrogen-bond donors (Lipinski definition) is 1. The van der Waals surface area contributed by atoms with Crippen LogP contribution >= 0.6 is 0 Å². The van der Waals surface area contributed by atoms with E-state index in [1.807, 2.05) is 19.1 Å². The lowest BCUT2D eigenvalue weighted by Crippen LogP contribution is -2.55.